The Balaban J connectivity index is 3.16. The molecule has 0 saturated heterocycles. The van der Waals surface area contributed by atoms with Crippen molar-refractivity contribution in [2.24, 2.45) is 0 Å². The zero-order valence-corrected chi connectivity index (χ0v) is 12.8. The van der Waals surface area contributed by atoms with E-state index in [1.54, 1.807) is 7.11 Å². The molecule has 0 aromatic carbocycles. The third-order valence-electron chi connectivity index (χ3n) is 2.82. The number of carbonyl (C=O) groups excluding carboxylic acids is 1. The molecular weight excluding hydrogens is 276 g/mol. The molecule has 0 aliphatic carbocycles. The Morgan fingerprint density at radius 1 is 1.55 bits per heavy atom. The van der Waals surface area contributed by atoms with Gasteiger partial charge in [-0.05, 0) is 13.8 Å². The summed E-state index contributed by atoms with van der Waals surface area (Å²) in [6, 6.07) is 2.10. The van der Waals surface area contributed by atoms with Crippen molar-refractivity contribution in [1.29, 1.82) is 5.26 Å². The number of methoxy groups -OCH3 is 1. The normalized spacial score (nSPS) is 10.1. The number of rotatable bonds is 7. The van der Waals surface area contributed by atoms with Crippen molar-refractivity contribution in [1.82, 2.24) is 5.32 Å². The Labute approximate surface area is 123 Å². The summed E-state index contributed by atoms with van der Waals surface area (Å²) in [5.74, 6) is -0.236. The van der Waals surface area contributed by atoms with Gasteiger partial charge in [0.15, 0.2) is 0 Å². The SMILES string of the molecule is CCNC(=O)c1sc(N(CC)CCOC)c(C#N)c1N. The van der Waals surface area contributed by atoms with Crippen LogP contribution in [0.3, 0.4) is 0 Å². The molecule has 0 bridgehead atoms. The molecule has 1 heterocycles. The first-order chi connectivity index (χ1) is 9.60. The number of amides is 1. The first-order valence-electron chi connectivity index (χ1n) is 6.45. The minimum absolute atomic E-state index is 0.236. The maximum absolute atomic E-state index is 11.9. The monoisotopic (exact) mass is 296 g/mol. The van der Waals surface area contributed by atoms with Crippen LogP contribution >= 0.6 is 11.3 Å². The molecule has 0 atom stereocenters. The fourth-order valence-electron chi connectivity index (χ4n) is 1.78. The smallest absolute Gasteiger partial charge is 0.263 e. The third kappa shape index (κ3) is 3.40. The summed E-state index contributed by atoms with van der Waals surface area (Å²) < 4.78 is 5.06. The minimum Gasteiger partial charge on any atom is -0.396 e. The van der Waals surface area contributed by atoms with Crippen LogP contribution < -0.4 is 16.0 Å². The summed E-state index contributed by atoms with van der Waals surface area (Å²) in [6.45, 7) is 6.26. The zero-order valence-electron chi connectivity index (χ0n) is 12.0. The van der Waals surface area contributed by atoms with E-state index in [2.05, 4.69) is 11.4 Å². The van der Waals surface area contributed by atoms with Gasteiger partial charge in [0.05, 0.1) is 12.3 Å². The Bertz CT molecular complexity index is 507. The Morgan fingerprint density at radius 2 is 2.25 bits per heavy atom. The van der Waals surface area contributed by atoms with Gasteiger partial charge in [0.2, 0.25) is 0 Å². The lowest BCUT2D eigenvalue weighted by molar-refractivity contribution is 0.0960. The number of hydrogen-bond acceptors (Lipinski definition) is 6. The number of thiophene rings is 1. The summed E-state index contributed by atoms with van der Waals surface area (Å²) in [5, 5.41) is 12.7. The molecule has 1 aromatic heterocycles. The average molecular weight is 296 g/mol. The molecule has 0 aliphatic heterocycles. The van der Waals surface area contributed by atoms with Gasteiger partial charge in [0, 0.05) is 26.7 Å². The lowest BCUT2D eigenvalue weighted by Gasteiger charge is -2.21. The molecule has 0 unspecified atom stereocenters. The third-order valence-corrected chi connectivity index (χ3v) is 4.08. The van der Waals surface area contributed by atoms with Gasteiger partial charge in [-0.15, -0.1) is 11.3 Å². The van der Waals surface area contributed by atoms with Crippen molar-refractivity contribution in [3.63, 3.8) is 0 Å². The maximum Gasteiger partial charge on any atom is 0.263 e. The van der Waals surface area contributed by atoms with Crippen LogP contribution in [0.4, 0.5) is 10.7 Å². The summed E-state index contributed by atoms with van der Waals surface area (Å²) in [6.07, 6.45) is 0. The first kappa shape index (κ1) is 16.3. The van der Waals surface area contributed by atoms with E-state index in [1.807, 2.05) is 18.7 Å². The molecule has 110 valence electrons. The van der Waals surface area contributed by atoms with Crippen LogP contribution in [0.15, 0.2) is 0 Å². The van der Waals surface area contributed by atoms with Crippen molar-refractivity contribution in [3.8, 4) is 6.07 Å². The molecule has 0 radical (unpaired) electrons. The fraction of sp³-hybridized carbons (Fsp3) is 0.538. The summed E-state index contributed by atoms with van der Waals surface area (Å²) in [5.41, 5.74) is 6.56. The van der Waals surface area contributed by atoms with Gasteiger partial charge in [-0.25, -0.2) is 0 Å². The predicted molar refractivity (Wildman–Crippen MR) is 81.2 cm³/mol. The highest BCUT2D eigenvalue weighted by Gasteiger charge is 2.23. The summed E-state index contributed by atoms with van der Waals surface area (Å²) in [4.78, 5) is 14.3. The topological polar surface area (TPSA) is 91.4 Å². The van der Waals surface area contributed by atoms with E-state index in [9.17, 15) is 10.1 Å². The van der Waals surface area contributed by atoms with Gasteiger partial charge in [0.25, 0.3) is 5.91 Å². The van der Waals surface area contributed by atoms with Gasteiger partial charge in [-0.2, -0.15) is 5.26 Å². The Morgan fingerprint density at radius 3 is 2.75 bits per heavy atom. The van der Waals surface area contributed by atoms with Crippen molar-refractivity contribution >= 4 is 27.9 Å². The van der Waals surface area contributed by atoms with Crippen LogP contribution in [0.5, 0.6) is 0 Å². The van der Waals surface area contributed by atoms with Gasteiger partial charge < -0.3 is 20.7 Å². The van der Waals surface area contributed by atoms with Crippen LogP contribution in [0.25, 0.3) is 0 Å². The molecule has 6 nitrogen and oxygen atoms in total. The second kappa shape index (κ2) is 7.72. The second-order valence-corrected chi connectivity index (χ2v) is 5.07. The number of nitriles is 1. The van der Waals surface area contributed by atoms with E-state index in [0.717, 1.165) is 5.00 Å². The number of nitrogens with zero attached hydrogens (tertiary/aromatic N) is 2. The van der Waals surface area contributed by atoms with E-state index in [1.165, 1.54) is 11.3 Å². The predicted octanol–water partition coefficient (Wildman–Crippen LogP) is 1.42. The molecule has 0 fully saturated rings. The lowest BCUT2D eigenvalue weighted by atomic mass is 10.2. The molecular formula is C13H20N4O2S. The lowest BCUT2D eigenvalue weighted by Crippen LogP contribution is -2.26. The Hall–Kier alpha value is -1.78. The number of ether oxygens (including phenoxy) is 1. The number of hydrogen-bond donors (Lipinski definition) is 2. The second-order valence-electron chi connectivity index (χ2n) is 4.07. The van der Waals surface area contributed by atoms with E-state index in [0.29, 0.717) is 36.7 Å². The average Bonchev–Trinajstić information content (AvgIpc) is 2.77. The molecule has 1 amide bonds. The zero-order chi connectivity index (χ0) is 15.1. The van der Waals surface area contributed by atoms with Crippen LogP contribution in [-0.2, 0) is 4.74 Å². The molecule has 0 saturated carbocycles. The minimum atomic E-state index is -0.236. The van der Waals surface area contributed by atoms with Crippen molar-refractivity contribution < 1.29 is 9.53 Å². The molecule has 7 heteroatoms. The first-order valence-corrected chi connectivity index (χ1v) is 7.26. The highest BCUT2D eigenvalue weighted by atomic mass is 32.1. The highest BCUT2D eigenvalue weighted by Crippen LogP contribution is 2.37. The van der Waals surface area contributed by atoms with Gasteiger partial charge in [-0.1, -0.05) is 0 Å². The number of likely N-dealkylation sites (N-methyl/N-ethyl adjacent to an activating group) is 1. The quantitative estimate of drug-likeness (QED) is 0.794. The largest absolute Gasteiger partial charge is 0.396 e. The molecule has 0 aliphatic rings. The number of nitrogen functional groups attached to an aromatic ring is 1. The van der Waals surface area contributed by atoms with E-state index < -0.39 is 0 Å². The molecule has 0 spiro atoms. The molecule has 3 N–H and O–H groups in total. The van der Waals surface area contributed by atoms with Crippen LogP contribution in [0, 0.1) is 11.3 Å². The van der Waals surface area contributed by atoms with Crippen molar-refractivity contribution in [2.75, 3.05) is 44.0 Å². The van der Waals surface area contributed by atoms with Crippen molar-refractivity contribution in [3.05, 3.63) is 10.4 Å². The van der Waals surface area contributed by atoms with Crippen LogP contribution in [0.1, 0.15) is 29.1 Å². The Kier molecular flexibility index (Phi) is 6.28. The van der Waals surface area contributed by atoms with Gasteiger partial charge in [-0.3, -0.25) is 4.79 Å². The summed E-state index contributed by atoms with van der Waals surface area (Å²) >= 11 is 1.25. The van der Waals surface area contributed by atoms with Gasteiger partial charge >= 0.3 is 0 Å². The van der Waals surface area contributed by atoms with E-state index in [-0.39, 0.29) is 11.6 Å². The number of nitrogens with one attached hydrogen (secondary N) is 1. The van der Waals surface area contributed by atoms with Crippen LogP contribution in [-0.4, -0.2) is 39.3 Å². The molecule has 20 heavy (non-hydrogen) atoms. The van der Waals surface area contributed by atoms with Crippen LogP contribution in [0.2, 0.25) is 0 Å². The number of carbonyl (C=O) groups is 1. The number of nitrogens with two attached hydrogens (primary N) is 1. The summed E-state index contributed by atoms with van der Waals surface area (Å²) in [7, 11) is 1.63. The van der Waals surface area contributed by atoms with E-state index in [4.69, 9.17) is 10.5 Å². The van der Waals surface area contributed by atoms with Crippen molar-refractivity contribution in [2.45, 2.75) is 13.8 Å². The maximum atomic E-state index is 11.9. The molecule has 1 aromatic rings. The van der Waals surface area contributed by atoms with Gasteiger partial charge in [0.1, 0.15) is 21.5 Å². The number of anilines is 2. The fourth-order valence-corrected chi connectivity index (χ4v) is 2.95. The van der Waals surface area contributed by atoms with E-state index >= 15 is 0 Å². The standard InChI is InChI=1S/C13H20N4O2S/c1-4-16-12(18)11-10(15)9(8-14)13(20-11)17(5-2)6-7-19-3/h4-7,15H2,1-3H3,(H,16,18). The highest BCUT2D eigenvalue weighted by molar-refractivity contribution is 7.19. The molecule has 1 rings (SSSR count).